The molecule has 2 amide bonds. The molecule has 7 heterocycles. The zero-order valence-corrected chi connectivity index (χ0v) is 73.5. The molecule has 15 nitrogen and oxygen atoms in total. The topological polar surface area (TPSA) is 146 Å². The number of nitrogens with zero attached hydrogens (tertiary/aromatic N) is 5. The summed E-state index contributed by atoms with van der Waals surface area (Å²) in [6.07, 6.45) is 17.6. The number of hydrogen-bond acceptors (Lipinski definition) is 13. The van der Waals surface area contributed by atoms with Crippen molar-refractivity contribution in [1.29, 1.82) is 0 Å². The second kappa shape index (κ2) is 42.6. The van der Waals surface area contributed by atoms with Crippen LogP contribution in [0.4, 0.5) is 15.3 Å². The highest BCUT2D eigenvalue weighted by molar-refractivity contribution is 9.10. The SMILES string of the molecule is CC(C)(C)OC(=O)N1CCC[C@H]1COc1cncc(Br)c1.CC1(C)c2cccc(P(c3ccccc3)c3ccccc3)c2Oc2c(P(c3ccccc3)c3ccccc3)cccc21.Cc1ccc(COCCC2CCN(c3cncc(OC[C@@H]4CCCN4C(=O)OC(C)(C)C)c3)CC2)cc1.Cc1ccc(COCCC2CCNCC2)cc1. The minimum atomic E-state index is -0.824. The van der Waals surface area contributed by atoms with Crippen LogP contribution in [0, 0.1) is 25.7 Å². The Morgan fingerprint density at radius 3 is 1.30 bits per heavy atom. The molecule has 5 aliphatic rings. The average Bonchev–Trinajstić information content (AvgIpc) is 0.944. The molecule has 0 unspecified atom stereocenters. The van der Waals surface area contributed by atoms with Gasteiger partial charge in [0.05, 0.1) is 49.6 Å². The fourth-order valence-corrected chi connectivity index (χ4v) is 20.7. The van der Waals surface area contributed by atoms with Crippen molar-refractivity contribution < 1.29 is 42.7 Å². The van der Waals surface area contributed by atoms with Crippen LogP contribution in [0.1, 0.15) is 153 Å². The third-order valence-corrected chi connectivity index (χ3v) is 27.3. The molecule has 0 aliphatic carbocycles. The van der Waals surface area contributed by atoms with E-state index in [9.17, 15) is 9.59 Å². The van der Waals surface area contributed by atoms with Gasteiger partial charge < -0.3 is 53.2 Å². The van der Waals surface area contributed by atoms with E-state index in [4.69, 9.17) is 33.2 Å². The summed E-state index contributed by atoms with van der Waals surface area (Å²) in [5.41, 5.74) is 7.50. The third-order valence-electron chi connectivity index (χ3n) is 21.9. The Balaban J connectivity index is 0.000000153. The molecule has 2 aromatic heterocycles. The van der Waals surface area contributed by atoms with Crippen LogP contribution in [-0.4, -0.2) is 121 Å². The van der Waals surface area contributed by atoms with Crippen LogP contribution in [0.5, 0.6) is 23.0 Å². The van der Waals surface area contributed by atoms with Gasteiger partial charge in [-0.1, -0.05) is 231 Å². The molecular formula is C99H119BrN6O9P2. The molecule has 4 fully saturated rings. The highest BCUT2D eigenvalue weighted by Gasteiger charge is 2.40. The summed E-state index contributed by atoms with van der Waals surface area (Å²) in [5.74, 6) is 5.03. The lowest BCUT2D eigenvalue weighted by molar-refractivity contribution is 0.0177. The first-order valence-electron chi connectivity index (χ1n) is 41.9. The van der Waals surface area contributed by atoms with Gasteiger partial charge in [-0.05, 0) is 215 Å². The molecule has 0 radical (unpaired) electrons. The van der Waals surface area contributed by atoms with E-state index in [1.165, 1.54) is 97.6 Å². The molecular weight excluding hydrogens is 1560 g/mol. The second-order valence-corrected chi connectivity index (χ2v) is 38.9. The van der Waals surface area contributed by atoms with E-state index in [1.54, 1.807) is 28.4 Å². The van der Waals surface area contributed by atoms with Crippen molar-refractivity contribution in [3.05, 3.63) is 281 Å². The van der Waals surface area contributed by atoms with Crippen molar-refractivity contribution in [2.45, 2.75) is 175 Å². The van der Waals surface area contributed by atoms with Gasteiger partial charge in [-0.15, -0.1) is 0 Å². The zero-order chi connectivity index (χ0) is 82.2. The number of anilines is 1. The van der Waals surface area contributed by atoms with E-state index in [1.807, 2.05) is 53.8 Å². The lowest BCUT2D eigenvalue weighted by atomic mass is 9.76. The lowest BCUT2D eigenvalue weighted by Crippen LogP contribution is -2.42. The number of ether oxygens (including phenoxy) is 7. The normalized spacial score (nSPS) is 16.6. The number of fused-ring (bicyclic) bond motifs is 2. The number of aromatic nitrogens is 2. The van der Waals surface area contributed by atoms with Gasteiger partial charge in [0.1, 0.15) is 47.4 Å². The Morgan fingerprint density at radius 1 is 0.487 bits per heavy atom. The van der Waals surface area contributed by atoms with Gasteiger partial charge in [-0.2, -0.15) is 0 Å². The fraction of sp³-hybridized carbons (Fsp3) is 0.394. The first-order chi connectivity index (χ1) is 56.6. The Labute approximate surface area is 706 Å². The van der Waals surface area contributed by atoms with Crippen LogP contribution in [0.25, 0.3) is 0 Å². The third kappa shape index (κ3) is 25.5. The van der Waals surface area contributed by atoms with Crippen LogP contribution >= 0.6 is 31.8 Å². The summed E-state index contributed by atoms with van der Waals surface area (Å²) >= 11 is 3.36. The van der Waals surface area contributed by atoms with Gasteiger partial charge in [0.25, 0.3) is 0 Å². The van der Waals surface area contributed by atoms with Gasteiger partial charge >= 0.3 is 12.2 Å². The number of nitrogens with one attached hydrogen (secondary N) is 1. The number of rotatable bonds is 23. The second-order valence-electron chi connectivity index (χ2n) is 33.6. The molecule has 10 aromatic rings. The number of pyridine rings is 2. The first-order valence-corrected chi connectivity index (χ1v) is 45.3. The van der Waals surface area contributed by atoms with Gasteiger partial charge in [0.15, 0.2) is 0 Å². The van der Waals surface area contributed by atoms with E-state index in [0.717, 1.165) is 118 Å². The summed E-state index contributed by atoms with van der Waals surface area (Å²) in [6.45, 7) is 30.1. The number of carbonyl (C=O) groups is 2. The van der Waals surface area contributed by atoms with Crippen molar-refractivity contribution in [2.24, 2.45) is 11.8 Å². The van der Waals surface area contributed by atoms with Crippen molar-refractivity contribution in [2.75, 3.05) is 70.6 Å². The summed E-state index contributed by atoms with van der Waals surface area (Å²) in [5, 5.41) is 11.2. The molecule has 1 N–H and O–H groups in total. The maximum atomic E-state index is 12.6. The molecule has 4 saturated heterocycles. The number of hydrogen-bond donors (Lipinski definition) is 1. The minimum Gasteiger partial charge on any atom is -0.490 e. The molecule has 117 heavy (non-hydrogen) atoms. The molecule has 18 heteroatoms. The van der Waals surface area contributed by atoms with Gasteiger partial charge in [0.2, 0.25) is 0 Å². The van der Waals surface area contributed by atoms with Crippen molar-refractivity contribution >= 4 is 81.5 Å². The van der Waals surface area contributed by atoms with Crippen molar-refractivity contribution in [3.63, 3.8) is 0 Å². The predicted molar refractivity (Wildman–Crippen MR) is 483 cm³/mol. The quantitative estimate of drug-likeness (QED) is 0.0479. The number of benzene rings is 8. The molecule has 15 rings (SSSR count). The number of piperidine rings is 2. The largest absolute Gasteiger partial charge is 0.490 e. The molecule has 0 spiro atoms. The molecule has 5 aliphatic heterocycles. The first kappa shape index (κ1) is 87.3. The van der Waals surface area contributed by atoms with Crippen LogP contribution in [0.3, 0.4) is 0 Å². The maximum absolute atomic E-state index is 12.6. The fourth-order valence-electron chi connectivity index (χ4n) is 15.6. The summed E-state index contributed by atoms with van der Waals surface area (Å²) in [4.78, 5) is 39.2. The van der Waals surface area contributed by atoms with Gasteiger partial charge in [-0.25, -0.2) is 9.59 Å². The Kier molecular flexibility index (Phi) is 31.8. The van der Waals surface area contributed by atoms with Crippen molar-refractivity contribution in [3.8, 4) is 23.0 Å². The molecule has 0 bridgehead atoms. The lowest BCUT2D eigenvalue weighted by Gasteiger charge is -2.38. The molecule has 0 saturated carbocycles. The van der Waals surface area contributed by atoms with Gasteiger partial charge in [0, 0.05) is 83.3 Å². The summed E-state index contributed by atoms with van der Waals surface area (Å²) in [7, 11) is -1.65. The van der Waals surface area contributed by atoms with Crippen molar-refractivity contribution in [1.82, 2.24) is 25.1 Å². The zero-order valence-electron chi connectivity index (χ0n) is 70.1. The van der Waals surface area contributed by atoms with E-state index in [-0.39, 0.29) is 29.7 Å². The number of amides is 2. The molecule has 616 valence electrons. The monoisotopic (exact) mass is 1680 g/mol. The van der Waals surface area contributed by atoms with Gasteiger partial charge in [-0.3, -0.25) is 9.97 Å². The number of aryl methyl sites for hydroxylation is 2. The Morgan fingerprint density at radius 2 is 0.889 bits per heavy atom. The maximum Gasteiger partial charge on any atom is 0.410 e. The van der Waals surface area contributed by atoms with Crippen LogP contribution in [-0.2, 0) is 37.6 Å². The number of likely N-dealkylation sites (tertiary alicyclic amines) is 2. The van der Waals surface area contributed by atoms with E-state index in [0.29, 0.717) is 38.0 Å². The standard InChI is InChI=1S/C39H32OP2.C30H43N3O4.C15H21BrN2O3.C15H23NO/c1-39(2)33-25-15-27-35(41(29-17-7-3-8-18-29)30-19-9-4-10-20-30)37(33)40-38-34(39)26-16-28-36(38)42(31-21-11-5-12-22-31)32-23-13-6-14-24-32;1-23-7-9-25(10-8-23)21-35-17-13-24-11-15-32(16-12-24)27-18-28(20-31-19-27)36-22-26-6-5-14-33(26)29(34)37-30(2,3)4;1-15(2,3)21-14(19)18-6-4-5-12(18)10-20-13-7-11(16)8-17-9-13;1-13-2-4-15(5-3-13)12-17-11-8-14-6-9-16-10-7-14/h3-28H,1-2H3;7-10,18-20,24,26H,5-6,11-17,21-22H2,1-4H3;7-9,12H,4-6,10H2,1-3H3;2-5,14,16H,6-12H2,1H3/t;26-;12-;/m.00./s1. The number of carbonyl (C=O) groups excluding carboxylic acids is 2. The summed E-state index contributed by atoms with van der Waals surface area (Å²) in [6, 6.07) is 78.3. The van der Waals surface area contributed by atoms with Crippen LogP contribution < -0.4 is 56.3 Å². The summed E-state index contributed by atoms with van der Waals surface area (Å²) < 4.78 is 42.7. The van der Waals surface area contributed by atoms with E-state index >= 15 is 0 Å². The average molecular weight is 1680 g/mol. The minimum absolute atomic E-state index is 0.0301. The highest BCUT2D eigenvalue weighted by Crippen LogP contribution is 2.52. The molecule has 2 atom stereocenters. The van der Waals surface area contributed by atoms with E-state index < -0.39 is 27.0 Å². The van der Waals surface area contributed by atoms with E-state index in [2.05, 4.69) is 276 Å². The van der Waals surface area contributed by atoms with Crippen LogP contribution in [0.15, 0.2) is 248 Å². The predicted octanol–water partition coefficient (Wildman–Crippen LogP) is 20.1. The highest BCUT2D eigenvalue weighted by atomic mass is 79.9. The molecule has 8 aromatic carbocycles. The number of para-hydroxylation sites is 2. The van der Waals surface area contributed by atoms with Crippen LogP contribution in [0.2, 0.25) is 0 Å². The number of halogens is 1. The smallest absolute Gasteiger partial charge is 0.410 e. The Hall–Kier alpha value is -8.98. The Bertz CT molecular complexity index is 4500.